The minimum atomic E-state index is -0.418. The summed E-state index contributed by atoms with van der Waals surface area (Å²) in [5.41, 5.74) is 0.647. The van der Waals surface area contributed by atoms with E-state index in [-0.39, 0.29) is 24.0 Å². The van der Waals surface area contributed by atoms with Crippen molar-refractivity contribution in [2.24, 2.45) is 23.2 Å². The molecule has 34 heavy (non-hydrogen) atoms. The molecule has 1 unspecified atom stereocenters. The molecule has 2 aromatic rings. The first-order chi connectivity index (χ1) is 16.6. The molecule has 8 rings (SSSR count). The molecule has 1 N–H and O–H groups in total. The molecular weight excluding hydrogens is 452 g/mol. The fraction of sp³-hybridized carbons (Fsp3) is 0.600. The Balaban J connectivity index is 1.06. The van der Waals surface area contributed by atoms with Crippen molar-refractivity contribution in [3.63, 3.8) is 0 Å². The lowest BCUT2D eigenvalue weighted by atomic mass is 9.49. The van der Waals surface area contributed by atoms with Crippen LogP contribution in [0.2, 0.25) is 0 Å². The maximum atomic E-state index is 13.8. The highest BCUT2D eigenvalue weighted by atomic mass is 32.1. The number of ether oxygens (including phenoxy) is 2. The van der Waals surface area contributed by atoms with E-state index in [0.29, 0.717) is 52.4 Å². The summed E-state index contributed by atoms with van der Waals surface area (Å²) in [6, 6.07) is 5.21. The number of rotatable bonds is 4. The van der Waals surface area contributed by atoms with Gasteiger partial charge in [0.1, 0.15) is 11.0 Å². The Hall–Kier alpha value is -2.68. The summed E-state index contributed by atoms with van der Waals surface area (Å²) in [4.78, 5) is 29.0. The Morgan fingerprint density at radius 3 is 2.53 bits per heavy atom. The number of carbonyl (C=O) groups is 2. The average molecular weight is 481 g/mol. The van der Waals surface area contributed by atoms with Crippen LogP contribution in [0.15, 0.2) is 18.2 Å². The third kappa shape index (κ3) is 3.31. The number of aromatic nitrogens is 2. The van der Waals surface area contributed by atoms with Crippen LogP contribution in [0, 0.1) is 23.2 Å². The number of carbonyl (C=O) groups excluding carboxylic acids is 2. The van der Waals surface area contributed by atoms with Gasteiger partial charge in [0.15, 0.2) is 11.5 Å². The molecule has 1 saturated heterocycles. The second-order valence-electron chi connectivity index (χ2n) is 10.8. The highest BCUT2D eigenvalue weighted by molar-refractivity contribution is 7.18. The second kappa shape index (κ2) is 7.66. The average Bonchev–Trinajstić information content (AvgIpc) is 3.57. The number of amides is 2. The molecule has 178 valence electrons. The fourth-order valence-corrected chi connectivity index (χ4v) is 8.31. The van der Waals surface area contributed by atoms with E-state index in [1.807, 2.05) is 23.1 Å². The van der Waals surface area contributed by atoms with Crippen molar-refractivity contribution in [2.45, 2.75) is 57.4 Å². The molecule has 3 heterocycles. The normalized spacial score (nSPS) is 32.9. The Labute approximate surface area is 202 Å². The monoisotopic (exact) mass is 480 g/mol. The van der Waals surface area contributed by atoms with Gasteiger partial charge in [0.2, 0.25) is 23.7 Å². The van der Waals surface area contributed by atoms with Gasteiger partial charge in [0, 0.05) is 12.1 Å². The molecule has 4 saturated carbocycles. The van der Waals surface area contributed by atoms with Gasteiger partial charge in [-0.3, -0.25) is 14.9 Å². The van der Waals surface area contributed by atoms with E-state index in [4.69, 9.17) is 9.47 Å². The van der Waals surface area contributed by atoms with Gasteiger partial charge in [-0.1, -0.05) is 11.3 Å². The number of anilines is 1. The van der Waals surface area contributed by atoms with E-state index >= 15 is 0 Å². The molecule has 4 bridgehead atoms. The zero-order valence-electron chi connectivity index (χ0n) is 19.0. The minimum Gasteiger partial charge on any atom is -0.454 e. The molecule has 2 amide bonds. The topological polar surface area (TPSA) is 93.7 Å². The molecule has 4 aliphatic carbocycles. The van der Waals surface area contributed by atoms with Crippen LogP contribution in [0.4, 0.5) is 5.13 Å². The van der Waals surface area contributed by atoms with Gasteiger partial charge in [-0.05, 0) is 87.3 Å². The van der Waals surface area contributed by atoms with E-state index in [1.165, 1.54) is 30.6 Å². The predicted molar refractivity (Wildman–Crippen MR) is 125 cm³/mol. The summed E-state index contributed by atoms with van der Waals surface area (Å²) in [5, 5.41) is 12.5. The Morgan fingerprint density at radius 2 is 1.76 bits per heavy atom. The van der Waals surface area contributed by atoms with Gasteiger partial charge < -0.3 is 14.4 Å². The van der Waals surface area contributed by atoms with Crippen molar-refractivity contribution in [1.29, 1.82) is 0 Å². The maximum absolute atomic E-state index is 13.8. The number of fused-ring (bicyclic) bond motifs is 1. The lowest BCUT2D eigenvalue weighted by Gasteiger charge is -2.56. The van der Waals surface area contributed by atoms with Crippen LogP contribution in [-0.4, -0.2) is 46.3 Å². The van der Waals surface area contributed by atoms with Crippen molar-refractivity contribution in [2.75, 3.05) is 18.7 Å². The van der Waals surface area contributed by atoms with E-state index in [2.05, 4.69) is 15.5 Å². The number of hydrogen-bond donors (Lipinski definition) is 1. The quantitative estimate of drug-likeness (QED) is 0.709. The smallest absolute Gasteiger partial charge is 0.249 e. The van der Waals surface area contributed by atoms with Crippen LogP contribution >= 0.6 is 11.3 Å². The Kier molecular flexibility index (Phi) is 4.66. The van der Waals surface area contributed by atoms with Gasteiger partial charge in [-0.25, -0.2) is 0 Å². The van der Waals surface area contributed by atoms with E-state index in [9.17, 15) is 9.59 Å². The second-order valence-corrected chi connectivity index (χ2v) is 11.8. The standard InChI is InChI=1S/C25H28N4O4S/c30-21(26-24-28-27-22(34-24)17-3-4-19-20(9-17)33-13-32-19)18-2-1-5-29(18)23(31)25-10-14-6-15(11-25)8-16(7-14)12-25/h3-4,9,14-16,18H,1-2,5-8,10-13H2,(H,26,28,30). The van der Waals surface area contributed by atoms with Crippen LogP contribution in [-0.2, 0) is 9.59 Å². The van der Waals surface area contributed by atoms with Gasteiger partial charge in [0.05, 0.1) is 5.41 Å². The number of nitrogens with one attached hydrogen (secondary N) is 1. The van der Waals surface area contributed by atoms with Gasteiger partial charge in [-0.2, -0.15) is 0 Å². The lowest BCUT2D eigenvalue weighted by Crippen LogP contribution is -2.56. The molecule has 9 heteroatoms. The van der Waals surface area contributed by atoms with E-state index < -0.39 is 6.04 Å². The van der Waals surface area contributed by atoms with Gasteiger partial charge >= 0.3 is 0 Å². The number of hydrogen-bond acceptors (Lipinski definition) is 7. The molecule has 1 aromatic heterocycles. The van der Waals surface area contributed by atoms with Crippen LogP contribution in [0.1, 0.15) is 51.4 Å². The minimum absolute atomic E-state index is 0.149. The van der Waals surface area contributed by atoms with Gasteiger partial charge in [0.25, 0.3) is 0 Å². The van der Waals surface area contributed by atoms with Crippen molar-refractivity contribution < 1.29 is 19.1 Å². The molecule has 5 fully saturated rings. The third-order valence-electron chi connectivity index (χ3n) is 8.58. The molecule has 1 aromatic carbocycles. The van der Waals surface area contributed by atoms with Crippen molar-refractivity contribution in [3.8, 4) is 22.1 Å². The summed E-state index contributed by atoms with van der Waals surface area (Å²) in [6.07, 6.45) is 8.57. The number of likely N-dealkylation sites (tertiary alicyclic amines) is 1. The highest BCUT2D eigenvalue weighted by Gasteiger charge is 2.56. The molecule has 1 atom stereocenters. The SMILES string of the molecule is O=C(Nc1nnc(-c2ccc3c(c2)OCO3)s1)C1CCCN1C(=O)C12CC3CC(CC(C3)C1)C2. The maximum Gasteiger partial charge on any atom is 0.249 e. The van der Waals surface area contributed by atoms with E-state index in [0.717, 1.165) is 31.2 Å². The molecule has 8 nitrogen and oxygen atoms in total. The van der Waals surface area contributed by atoms with Crippen molar-refractivity contribution in [3.05, 3.63) is 18.2 Å². The molecular formula is C25H28N4O4S. The predicted octanol–water partition coefficient (Wildman–Crippen LogP) is 4.08. The van der Waals surface area contributed by atoms with E-state index in [1.54, 1.807) is 0 Å². The molecule has 2 aliphatic heterocycles. The first-order valence-corrected chi connectivity index (χ1v) is 13.2. The molecule has 0 radical (unpaired) electrons. The number of nitrogens with zero attached hydrogens (tertiary/aromatic N) is 3. The zero-order chi connectivity index (χ0) is 22.9. The summed E-state index contributed by atoms with van der Waals surface area (Å²) >= 11 is 1.32. The van der Waals surface area contributed by atoms with Crippen LogP contribution < -0.4 is 14.8 Å². The first-order valence-electron chi connectivity index (χ1n) is 12.4. The molecule has 0 spiro atoms. The third-order valence-corrected chi connectivity index (χ3v) is 9.47. The first kappa shape index (κ1) is 20.7. The summed E-state index contributed by atoms with van der Waals surface area (Å²) < 4.78 is 10.8. The Morgan fingerprint density at radius 1 is 1.03 bits per heavy atom. The van der Waals surface area contributed by atoms with Crippen molar-refractivity contribution >= 4 is 28.3 Å². The van der Waals surface area contributed by atoms with Crippen LogP contribution in [0.3, 0.4) is 0 Å². The fourth-order valence-electron chi connectivity index (χ4n) is 7.57. The highest BCUT2D eigenvalue weighted by Crippen LogP contribution is 2.60. The van der Waals surface area contributed by atoms with Crippen LogP contribution in [0.5, 0.6) is 11.5 Å². The largest absolute Gasteiger partial charge is 0.454 e. The summed E-state index contributed by atoms with van der Waals surface area (Å²) in [6.45, 7) is 0.896. The molecule has 6 aliphatic rings. The van der Waals surface area contributed by atoms with Gasteiger partial charge in [-0.15, -0.1) is 10.2 Å². The summed E-state index contributed by atoms with van der Waals surface area (Å²) in [5.74, 6) is 3.62. The lowest BCUT2D eigenvalue weighted by molar-refractivity contribution is -0.160. The Bertz CT molecular complexity index is 1130. The number of benzene rings is 1. The van der Waals surface area contributed by atoms with Crippen LogP contribution in [0.25, 0.3) is 10.6 Å². The van der Waals surface area contributed by atoms with Crippen molar-refractivity contribution in [1.82, 2.24) is 15.1 Å². The zero-order valence-corrected chi connectivity index (χ0v) is 19.8. The summed E-state index contributed by atoms with van der Waals surface area (Å²) in [7, 11) is 0.